The van der Waals surface area contributed by atoms with Gasteiger partial charge in [-0.05, 0) is 12.8 Å². The lowest BCUT2D eigenvalue weighted by Crippen LogP contribution is -2.50. The molecule has 2 aliphatic heterocycles. The molecule has 0 N–H and O–H groups in total. The van der Waals surface area contributed by atoms with E-state index in [1.165, 1.54) is 0 Å². The Labute approximate surface area is 102 Å². The molecular formula is C12H19N3O2. The molecular weight excluding hydrogens is 218 g/mol. The second-order valence-corrected chi connectivity index (χ2v) is 4.77. The van der Waals surface area contributed by atoms with Crippen molar-refractivity contribution in [3.8, 4) is 6.07 Å². The Hall–Kier alpha value is -1.28. The molecule has 5 heteroatoms. The number of hydrogen-bond acceptors (Lipinski definition) is 3. The van der Waals surface area contributed by atoms with Gasteiger partial charge in [-0.3, -0.25) is 0 Å². The molecule has 17 heavy (non-hydrogen) atoms. The SMILES string of the molecule is COC1(C#N)CCN(C(=O)N2CCCC2)CC1. The van der Waals surface area contributed by atoms with E-state index in [2.05, 4.69) is 6.07 Å². The van der Waals surface area contributed by atoms with Gasteiger partial charge in [-0.25, -0.2) is 4.79 Å². The van der Waals surface area contributed by atoms with E-state index in [0.29, 0.717) is 25.9 Å². The molecule has 94 valence electrons. The molecule has 0 spiro atoms. The number of rotatable bonds is 1. The Balaban J connectivity index is 1.90. The molecule has 2 amide bonds. The van der Waals surface area contributed by atoms with Crippen molar-refractivity contribution in [2.75, 3.05) is 33.3 Å². The largest absolute Gasteiger partial charge is 0.363 e. The fourth-order valence-electron chi connectivity index (χ4n) is 2.53. The summed E-state index contributed by atoms with van der Waals surface area (Å²) in [5.74, 6) is 0. The first-order valence-corrected chi connectivity index (χ1v) is 6.21. The first kappa shape index (κ1) is 12.2. The minimum atomic E-state index is -0.679. The van der Waals surface area contributed by atoms with Crippen LogP contribution in [0, 0.1) is 11.3 Å². The van der Waals surface area contributed by atoms with Crippen LogP contribution in [-0.4, -0.2) is 54.7 Å². The van der Waals surface area contributed by atoms with Crippen molar-refractivity contribution in [3.63, 3.8) is 0 Å². The average Bonchev–Trinajstić information content (AvgIpc) is 2.92. The molecule has 0 atom stereocenters. The maximum Gasteiger partial charge on any atom is 0.320 e. The highest BCUT2D eigenvalue weighted by Gasteiger charge is 2.37. The fourth-order valence-corrected chi connectivity index (χ4v) is 2.53. The molecule has 0 aromatic heterocycles. The zero-order valence-corrected chi connectivity index (χ0v) is 10.3. The number of urea groups is 1. The highest BCUT2D eigenvalue weighted by molar-refractivity contribution is 5.74. The van der Waals surface area contributed by atoms with E-state index >= 15 is 0 Å². The lowest BCUT2D eigenvalue weighted by atomic mass is 9.93. The Bertz CT molecular complexity index is 323. The number of nitrogens with zero attached hydrogens (tertiary/aromatic N) is 3. The van der Waals surface area contributed by atoms with Crippen LogP contribution in [0.25, 0.3) is 0 Å². The molecule has 5 nitrogen and oxygen atoms in total. The molecule has 2 rings (SSSR count). The number of methoxy groups -OCH3 is 1. The number of nitriles is 1. The van der Waals surface area contributed by atoms with Gasteiger partial charge in [0.05, 0.1) is 6.07 Å². The molecule has 0 bridgehead atoms. The lowest BCUT2D eigenvalue weighted by Gasteiger charge is -2.37. The molecule has 0 aliphatic carbocycles. The van der Waals surface area contributed by atoms with Gasteiger partial charge in [0.1, 0.15) is 0 Å². The van der Waals surface area contributed by atoms with Gasteiger partial charge in [-0.15, -0.1) is 0 Å². The van der Waals surface area contributed by atoms with Gasteiger partial charge >= 0.3 is 6.03 Å². The first-order valence-electron chi connectivity index (χ1n) is 6.21. The first-order chi connectivity index (χ1) is 8.21. The predicted molar refractivity (Wildman–Crippen MR) is 62.4 cm³/mol. The van der Waals surface area contributed by atoms with E-state index in [-0.39, 0.29) is 6.03 Å². The molecule has 0 radical (unpaired) electrons. The van der Waals surface area contributed by atoms with E-state index in [1.54, 1.807) is 7.11 Å². The summed E-state index contributed by atoms with van der Waals surface area (Å²) in [5, 5.41) is 9.09. The molecule has 2 aliphatic rings. The van der Waals surface area contributed by atoms with Crippen LogP contribution in [0.5, 0.6) is 0 Å². The van der Waals surface area contributed by atoms with Crippen molar-refractivity contribution in [2.24, 2.45) is 0 Å². The van der Waals surface area contributed by atoms with Crippen molar-refractivity contribution < 1.29 is 9.53 Å². The third-order valence-corrected chi connectivity index (χ3v) is 3.81. The van der Waals surface area contributed by atoms with Crippen LogP contribution in [0.4, 0.5) is 4.79 Å². The number of piperidine rings is 1. The van der Waals surface area contributed by atoms with Crippen molar-refractivity contribution >= 4 is 6.03 Å². The monoisotopic (exact) mass is 237 g/mol. The van der Waals surface area contributed by atoms with E-state index in [4.69, 9.17) is 10.00 Å². The summed E-state index contributed by atoms with van der Waals surface area (Å²) in [6.45, 7) is 3.00. The number of hydrogen-bond donors (Lipinski definition) is 0. The van der Waals surface area contributed by atoms with Gasteiger partial charge in [0.2, 0.25) is 0 Å². The van der Waals surface area contributed by atoms with Crippen LogP contribution < -0.4 is 0 Å². The molecule has 2 fully saturated rings. The summed E-state index contributed by atoms with van der Waals surface area (Å²) in [5.41, 5.74) is -0.679. The summed E-state index contributed by atoms with van der Waals surface area (Å²) in [7, 11) is 1.57. The van der Waals surface area contributed by atoms with E-state index in [9.17, 15) is 4.79 Å². The van der Waals surface area contributed by atoms with Crippen LogP contribution in [-0.2, 0) is 4.74 Å². The maximum absolute atomic E-state index is 12.1. The van der Waals surface area contributed by atoms with E-state index in [0.717, 1.165) is 25.9 Å². The van der Waals surface area contributed by atoms with E-state index < -0.39 is 5.60 Å². The Kier molecular flexibility index (Phi) is 3.53. The number of ether oxygens (including phenoxy) is 1. The molecule has 0 saturated carbocycles. The Morgan fingerprint density at radius 3 is 2.18 bits per heavy atom. The summed E-state index contributed by atoms with van der Waals surface area (Å²) in [6.07, 6.45) is 3.44. The number of likely N-dealkylation sites (tertiary alicyclic amines) is 2. The summed E-state index contributed by atoms with van der Waals surface area (Å²) in [6, 6.07) is 2.35. The molecule has 0 aromatic rings. The minimum Gasteiger partial charge on any atom is -0.363 e. The lowest BCUT2D eigenvalue weighted by molar-refractivity contribution is -0.00828. The highest BCUT2D eigenvalue weighted by Crippen LogP contribution is 2.26. The third-order valence-electron chi connectivity index (χ3n) is 3.81. The molecule has 0 aromatic carbocycles. The van der Waals surface area contributed by atoms with Crippen LogP contribution in [0.1, 0.15) is 25.7 Å². The Morgan fingerprint density at radius 2 is 1.71 bits per heavy atom. The second kappa shape index (κ2) is 4.92. The van der Waals surface area contributed by atoms with Gasteiger partial charge in [-0.2, -0.15) is 5.26 Å². The van der Waals surface area contributed by atoms with Gasteiger partial charge in [0.15, 0.2) is 5.60 Å². The zero-order chi connectivity index (χ0) is 12.3. The normalized spacial score (nSPS) is 23.5. The zero-order valence-electron chi connectivity index (χ0n) is 10.3. The van der Waals surface area contributed by atoms with Crippen molar-refractivity contribution in [1.82, 2.24) is 9.80 Å². The maximum atomic E-state index is 12.1. The summed E-state index contributed by atoms with van der Waals surface area (Å²) < 4.78 is 5.27. The standard InChI is InChI=1S/C12H19N3O2/c1-17-12(10-13)4-8-15(9-5-12)11(16)14-6-2-3-7-14/h2-9H2,1H3. The number of carbonyl (C=O) groups is 1. The van der Waals surface area contributed by atoms with Crippen molar-refractivity contribution in [3.05, 3.63) is 0 Å². The number of carbonyl (C=O) groups excluding carboxylic acids is 1. The highest BCUT2D eigenvalue weighted by atomic mass is 16.5. The van der Waals surface area contributed by atoms with Crippen molar-refractivity contribution in [1.29, 1.82) is 5.26 Å². The number of amides is 2. The van der Waals surface area contributed by atoms with Crippen LogP contribution in [0.3, 0.4) is 0 Å². The molecule has 2 heterocycles. The topological polar surface area (TPSA) is 56.6 Å². The molecule has 0 unspecified atom stereocenters. The second-order valence-electron chi connectivity index (χ2n) is 4.77. The quantitative estimate of drug-likeness (QED) is 0.688. The Morgan fingerprint density at radius 1 is 1.18 bits per heavy atom. The van der Waals surface area contributed by atoms with Gasteiger partial charge in [-0.1, -0.05) is 0 Å². The van der Waals surface area contributed by atoms with Crippen LogP contribution in [0.15, 0.2) is 0 Å². The van der Waals surface area contributed by atoms with Crippen LogP contribution >= 0.6 is 0 Å². The fraction of sp³-hybridized carbons (Fsp3) is 0.833. The van der Waals surface area contributed by atoms with E-state index in [1.807, 2.05) is 9.80 Å². The average molecular weight is 237 g/mol. The predicted octanol–water partition coefficient (Wildman–Crippen LogP) is 1.21. The van der Waals surface area contributed by atoms with Crippen molar-refractivity contribution in [2.45, 2.75) is 31.3 Å². The smallest absolute Gasteiger partial charge is 0.320 e. The van der Waals surface area contributed by atoms with Gasteiger partial charge in [0.25, 0.3) is 0 Å². The third kappa shape index (κ3) is 2.37. The summed E-state index contributed by atoms with van der Waals surface area (Å²) in [4.78, 5) is 15.9. The minimum absolute atomic E-state index is 0.130. The molecule has 2 saturated heterocycles. The summed E-state index contributed by atoms with van der Waals surface area (Å²) >= 11 is 0. The van der Waals surface area contributed by atoms with Crippen LogP contribution in [0.2, 0.25) is 0 Å². The van der Waals surface area contributed by atoms with Gasteiger partial charge in [0, 0.05) is 46.1 Å². The van der Waals surface area contributed by atoms with Gasteiger partial charge < -0.3 is 14.5 Å².